The molecule has 0 rings (SSSR count). The van der Waals surface area contributed by atoms with Gasteiger partial charge in [-0.05, 0) is 125 Å². The Labute approximate surface area is 387 Å². The van der Waals surface area contributed by atoms with Gasteiger partial charge in [-0.3, -0.25) is 33.7 Å². The third-order valence-electron chi connectivity index (χ3n) is 8.51. The monoisotopic (exact) mass is 915 g/mol. The van der Waals surface area contributed by atoms with Gasteiger partial charge in [0, 0.05) is 78.5 Å². The second kappa shape index (κ2) is 27.3. The number of esters is 6. The molecule has 0 aliphatic rings. The molecule has 0 aromatic rings. The minimum atomic E-state index is -0.646. The van der Waals surface area contributed by atoms with E-state index in [0.717, 1.165) is 0 Å². The molecule has 16 heteroatoms. The van der Waals surface area contributed by atoms with Gasteiger partial charge in [0.25, 0.3) is 0 Å². The van der Waals surface area contributed by atoms with Crippen molar-refractivity contribution < 1.29 is 57.2 Å². The van der Waals surface area contributed by atoms with E-state index in [2.05, 4.69) is 4.90 Å². The molecule has 0 aliphatic carbocycles. The van der Waals surface area contributed by atoms with Crippen molar-refractivity contribution in [3.05, 3.63) is 0 Å². The molecular formula is C48H90N4O12. The van der Waals surface area contributed by atoms with Crippen LogP contribution < -0.4 is 0 Å². The van der Waals surface area contributed by atoms with Crippen molar-refractivity contribution in [1.82, 2.24) is 19.6 Å². The third-order valence-corrected chi connectivity index (χ3v) is 8.51. The minimum Gasteiger partial charge on any atom is -0.460 e. The van der Waals surface area contributed by atoms with Crippen LogP contribution in [0.4, 0.5) is 0 Å². The van der Waals surface area contributed by atoms with Crippen LogP contribution in [0.3, 0.4) is 0 Å². The molecule has 0 amide bonds. The maximum Gasteiger partial charge on any atom is 0.307 e. The Bertz CT molecular complexity index is 1180. The Morgan fingerprint density at radius 3 is 0.453 bits per heavy atom. The summed E-state index contributed by atoms with van der Waals surface area (Å²) in [6.45, 7) is 37.8. The Balaban J connectivity index is 6.65. The summed E-state index contributed by atoms with van der Waals surface area (Å²) in [7, 11) is 0. The first-order valence-electron chi connectivity index (χ1n) is 23.1. The molecular weight excluding hydrogens is 825 g/mol. The van der Waals surface area contributed by atoms with Crippen LogP contribution in [-0.4, -0.2) is 168 Å². The SMILES string of the molecule is CC(C)(C)OC(=O)CCN(CCC(=O)OC(C)(C)C)CCN(CCN(CCC(=O)OC(C)(C)C)CCC(=O)OC(C)(C)C)CCN(CCC(=O)OC(C)(C)C)CCC(=O)OC(C)(C)C. The van der Waals surface area contributed by atoms with E-state index < -0.39 is 33.6 Å². The van der Waals surface area contributed by atoms with Gasteiger partial charge in [0.1, 0.15) is 33.6 Å². The first-order valence-corrected chi connectivity index (χ1v) is 23.1. The first kappa shape index (κ1) is 60.7. The number of nitrogens with zero attached hydrogens (tertiary/aromatic N) is 4. The van der Waals surface area contributed by atoms with E-state index in [4.69, 9.17) is 28.4 Å². The zero-order chi connectivity index (χ0) is 49.7. The smallest absolute Gasteiger partial charge is 0.307 e. The highest BCUT2D eigenvalue weighted by atomic mass is 16.6. The number of hydrogen-bond acceptors (Lipinski definition) is 16. The molecule has 0 N–H and O–H groups in total. The van der Waals surface area contributed by atoms with Crippen molar-refractivity contribution in [2.75, 3.05) is 78.5 Å². The van der Waals surface area contributed by atoms with Crippen molar-refractivity contribution >= 4 is 35.8 Å². The largest absolute Gasteiger partial charge is 0.460 e. The van der Waals surface area contributed by atoms with Gasteiger partial charge in [-0.1, -0.05) is 0 Å². The van der Waals surface area contributed by atoms with E-state index in [-0.39, 0.29) is 74.3 Å². The summed E-state index contributed by atoms with van der Waals surface area (Å²) >= 11 is 0. The van der Waals surface area contributed by atoms with Gasteiger partial charge < -0.3 is 43.1 Å². The number of hydrogen-bond donors (Lipinski definition) is 0. The average Bonchev–Trinajstić information content (AvgIpc) is 3.05. The molecule has 0 fully saturated rings. The lowest BCUT2D eigenvalue weighted by atomic mass is 10.2. The molecule has 0 saturated carbocycles. The van der Waals surface area contributed by atoms with Crippen LogP contribution in [0, 0.1) is 0 Å². The summed E-state index contributed by atoms with van der Waals surface area (Å²) < 4.78 is 33.5. The Morgan fingerprint density at radius 1 is 0.234 bits per heavy atom. The highest BCUT2D eigenvalue weighted by Gasteiger charge is 2.25. The standard InChI is InChI=1S/C48H90N4O12/c1-43(2,3)59-37(53)19-25-49(26-20-38(54)60-44(4,5)6)31-34-52(35-32-50(27-21-39(55)61-45(7,8)9)28-22-40(56)62-46(10,11)12)36-33-51(29-23-41(57)63-47(13,14)15)30-24-42(58)64-48(16,17)18/h19-36H2,1-18H3. The highest BCUT2D eigenvalue weighted by Crippen LogP contribution is 2.15. The Kier molecular flexibility index (Phi) is 25.9. The van der Waals surface area contributed by atoms with E-state index in [0.29, 0.717) is 78.5 Å². The maximum atomic E-state index is 12.8. The van der Waals surface area contributed by atoms with Crippen LogP contribution in [0.5, 0.6) is 0 Å². The molecule has 0 spiro atoms. The van der Waals surface area contributed by atoms with Gasteiger partial charge >= 0.3 is 35.8 Å². The molecule has 16 nitrogen and oxygen atoms in total. The number of carbonyl (C=O) groups is 6. The van der Waals surface area contributed by atoms with E-state index in [1.807, 2.05) is 139 Å². The topological polar surface area (TPSA) is 171 Å². The molecule has 0 atom stereocenters. The van der Waals surface area contributed by atoms with Crippen LogP contribution in [0.15, 0.2) is 0 Å². The summed E-state index contributed by atoms with van der Waals surface area (Å²) in [4.78, 5) is 85.4. The summed E-state index contributed by atoms with van der Waals surface area (Å²) in [5.74, 6) is -2.07. The molecule has 0 aromatic carbocycles. The summed E-state index contributed by atoms with van der Waals surface area (Å²) in [6.07, 6.45) is 0.737. The quantitative estimate of drug-likeness (QED) is 0.0639. The lowest BCUT2D eigenvalue weighted by Crippen LogP contribution is -2.45. The van der Waals surface area contributed by atoms with Crippen LogP contribution in [-0.2, 0) is 57.2 Å². The molecule has 0 unspecified atom stereocenters. The van der Waals surface area contributed by atoms with E-state index >= 15 is 0 Å². The summed E-state index contributed by atoms with van der Waals surface area (Å²) in [6, 6.07) is 0. The molecule has 0 aromatic heterocycles. The number of rotatable bonds is 27. The fourth-order valence-corrected chi connectivity index (χ4v) is 6.04. The number of carbonyl (C=O) groups excluding carboxylic acids is 6. The minimum absolute atomic E-state index is 0.123. The van der Waals surface area contributed by atoms with E-state index in [1.54, 1.807) is 0 Å². The zero-order valence-corrected chi connectivity index (χ0v) is 43.4. The fourth-order valence-electron chi connectivity index (χ4n) is 6.04. The van der Waals surface area contributed by atoms with Crippen molar-refractivity contribution in [3.63, 3.8) is 0 Å². The van der Waals surface area contributed by atoms with Crippen LogP contribution >= 0.6 is 0 Å². The second-order valence-electron chi connectivity index (χ2n) is 22.4. The van der Waals surface area contributed by atoms with Gasteiger partial charge in [0.2, 0.25) is 0 Å². The van der Waals surface area contributed by atoms with Crippen molar-refractivity contribution in [1.29, 1.82) is 0 Å². The lowest BCUT2D eigenvalue weighted by molar-refractivity contribution is -0.157. The van der Waals surface area contributed by atoms with Crippen LogP contribution in [0.25, 0.3) is 0 Å². The number of ether oxygens (including phenoxy) is 6. The van der Waals surface area contributed by atoms with Gasteiger partial charge in [-0.25, -0.2) is 0 Å². The normalized spacial score (nSPS) is 13.0. The zero-order valence-electron chi connectivity index (χ0n) is 43.4. The van der Waals surface area contributed by atoms with Gasteiger partial charge in [0.15, 0.2) is 0 Å². The molecule has 374 valence electrons. The highest BCUT2D eigenvalue weighted by molar-refractivity contribution is 5.72. The molecule has 0 aliphatic heterocycles. The summed E-state index contributed by atoms with van der Waals surface area (Å²) in [5, 5.41) is 0. The van der Waals surface area contributed by atoms with E-state index in [9.17, 15) is 28.8 Å². The molecule has 64 heavy (non-hydrogen) atoms. The second-order valence-corrected chi connectivity index (χ2v) is 22.4. The van der Waals surface area contributed by atoms with Gasteiger partial charge in [-0.15, -0.1) is 0 Å². The fraction of sp³-hybridized carbons (Fsp3) is 0.875. The van der Waals surface area contributed by atoms with Crippen LogP contribution in [0.1, 0.15) is 163 Å². The molecule has 0 bridgehead atoms. The van der Waals surface area contributed by atoms with Crippen molar-refractivity contribution in [3.8, 4) is 0 Å². The van der Waals surface area contributed by atoms with Gasteiger partial charge in [-0.2, -0.15) is 0 Å². The first-order chi connectivity index (χ1) is 28.9. The molecule has 0 saturated heterocycles. The van der Waals surface area contributed by atoms with Crippen molar-refractivity contribution in [2.24, 2.45) is 0 Å². The third kappa shape index (κ3) is 38.0. The van der Waals surface area contributed by atoms with Crippen molar-refractivity contribution in [2.45, 2.75) is 197 Å². The average molecular weight is 915 g/mol. The Morgan fingerprint density at radius 2 is 0.344 bits per heavy atom. The van der Waals surface area contributed by atoms with E-state index in [1.165, 1.54) is 0 Å². The molecule has 0 radical (unpaired) electrons. The Hall–Kier alpha value is -3.34. The molecule has 0 heterocycles. The predicted molar refractivity (Wildman–Crippen MR) is 249 cm³/mol. The maximum absolute atomic E-state index is 12.8. The lowest BCUT2D eigenvalue weighted by Gasteiger charge is -2.32. The predicted octanol–water partition coefficient (Wildman–Crippen LogP) is 6.59. The summed E-state index contributed by atoms with van der Waals surface area (Å²) in [5.41, 5.74) is -3.88. The van der Waals surface area contributed by atoms with Gasteiger partial charge in [0.05, 0.1) is 38.5 Å². The van der Waals surface area contributed by atoms with Crippen LogP contribution in [0.2, 0.25) is 0 Å².